The fourth-order valence-electron chi connectivity index (χ4n) is 3.39. The van der Waals surface area contributed by atoms with E-state index in [4.69, 9.17) is 4.42 Å². The van der Waals surface area contributed by atoms with Gasteiger partial charge in [-0.05, 0) is 61.0 Å². The molecule has 28 heavy (non-hydrogen) atoms. The highest BCUT2D eigenvalue weighted by Crippen LogP contribution is 2.32. The Hall–Kier alpha value is -3.80. The molecule has 1 aromatic heterocycles. The van der Waals surface area contributed by atoms with E-state index >= 15 is 0 Å². The van der Waals surface area contributed by atoms with Gasteiger partial charge in [0.2, 0.25) is 5.89 Å². The molecule has 5 rings (SSSR count). The van der Waals surface area contributed by atoms with Gasteiger partial charge in [0, 0.05) is 5.56 Å². The van der Waals surface area contributed by atoms with Crippen molar-refractivity contribution in [1.29, 1.82) is 0 Å². The summed E-state index contributed by atoms with van der Waals surface area (Å²) in [5, 5.41) is 0. The summed E-state index contributed by atoms with van der Waals surface area (Å²) in [6, 6.07) is 16.5. The van der Waals surface area contributed by atoms with E-state index in [1.807, 2.05) is 25.1 Å². The van der Waals surface area contributed by atoms with Gasteiger partial charge in [-0.2, -0.15) is 0 Å². The normalized spacial score (nSPS) is 13.4. The van der Waals surface area contributed by atoms with Crippen molar-refractivity contribution in [2.75, 3.05) is 4.90 Å². The van der Waals surface area contributed by atoms with Gasteiger partial charge >= 0.3 is 0 Å². The number of anilines is 1. The molecule has 0 aliphatic carbocycles. The number of halogens is 1. The van der Waals surface area contributed by atoms with Crippen LogP contribution in [0.4, 0.5) is 10.1 Å². The van der Waals surface area contributed by atoms with Crippen molar-refractivity contribution >= 4 is 28.6 Å². The lowest BCUT2D eigenvalue weighted by Gasteiger charge is -2.13. The number of carbonyl (C=O) groups is 2. The third-order valence-corrected chi connectivity index (χ3v) is 4.78. The highest BCUT2D eigenvalue weighted by Gasteiger charge is 2.38. The highest BCUT2D eigenvalue weighted by atomic mass is 19.1. The van der Waals surface area contributed by atoms with E-state index < -0.39 is 17.6 Å². The third kappa shape index (κ3) is 2.35. The molecule has 0 saturated heterocycles. The Morgan fingerprint density at radius 3 is 2.50 bits per heavy atom. The van der Waals surface area contributed by atoms with Crippen LogP contribution in [0, 0.1) is 12.7 Å². The Morgan fingerprint density at radius 1 is 0.964 bits per heavy atom. The number of fused-ring (bicyclic) bond motifs is 2. The smallest absolute Gasteiger partial charge is 0.269 e. The Kier molecular flexibility index (Phi) is 3.42. The SMILES string of the molecule is Cc1ccc2nc(-c3ccc(N4C(=O)c5cccc(F)c5C4=O)cc3)oc2c1. The zero-order chi connectivity index (χ0) is 19.4. The molecule has 0 saturated carbocycles. The van der Waals surface area contributed by atoms with Gasteiger partial charge in [-0.25, -0.2) is 14.3 Å². The number of aryl methyl sites for hydroxylation is 1. The van der Waals surface area contributed by atoms with Gasteiger partial charge in [-0.1, -0.05) is 12.1 Å². The van der Waals surface area contributed by atoms with Crippen LogP contribution in [-0.2, 0) is 0 Å². The molecule has 0 fully saturated rings. The summed E-state index contributed by atoms with van der Waals surface area (Å²) in [6.45, 7) is 1.97. The van der Waals surface area contributed by atoms with Gasteiger partial charge < -0.3 is 4.42 Å². The van der Waals surface area contributed by atoms with Crippen LogP contribution in [0.25, 0.3) is 22.6 Å². The van der Waals surface area contributed by atoms with Crippen LogP contribution >= 0.6 is 0 Å². The largest absolute Gasteiger partial charge is 0.436 e. The maximum atomic E-state index is 14.0. The molecule has 0 radical (unpaired) electrons. The lowest BCUT2D eigenvalue weighted by molar-refractivity contribution is 0.0925. The average Bonchev–Trinajstić information content (AvgIpc) is 3.21. The number of nitrogens with zero attached hydrogens (tertiary/aromatic N) is 2. The second-order valence-corrected chi connectivity index (χ2v) is 6.65. The average molecular weight is 372 g/mol. The van der Waals surface area contributed by atoms with Crippen molar-refractivity contribution in [1.82, 2.24) is 4.98 Å². The predicted octanol–water partition coefficient (Wildman–Crippen LogP) is 4.74. The summed E-state index contributed by atoms with van der Waals surface area (Å²) in [7, 11) is 0. The van der Waals surface area contributed by atoms with Crippen molar-refractivity contribution in [2.45, 2.75) is 6.92 Å². The standard InChI is InChI=1S/C22H13FN2O3/c1-12-5-10-17-18(11-12)28-20(24-17)13-6-8-14(9-7-13)25-21(26)15-3-2-4-16(23)19(15)22(25)27/h2-11H,1H3. The van der Waals surface area contributed by atoms with E-state index in [1.165, 1.54) is 18.2 Å². The van der Waals surface area contributed by atoms with Crippen molar-refractivity contribution in [3.05, 3.63) is 83.2 Å². The fraction of sp³-hybridized carbons (Fsp3) is 0.0455. The van der Waals surface area contributed by atoms with Crippen molar-refractivity contribution < 1.29 is 18.4 Å². The number of hydrogen-bond donors (Lipinski definition) is 0. The number of aromatic nitrogens is 1. The summed E-state index contributed by atoms with van der Waals surface area (Å²) in [5.74, 6) is -1.45. The van der Waals surface area contributed by atoms with Crippen molar-refractivity contribution in [3.63, 3.8) is 0 Å². The molecule has 2 heterocycles. The Balaban J connectivity index is 1.51. The van der Waals surface area contributed by atoms with Crippen LogP contribution in [0.2, 0.25) is 0 Å². The number of imide groups is 1. The fourth-order valence-corrected chi connectivity index (χ4v) is 3.39. The first-order valence-corrected chi connectivity index (χ1v) is 8.68. The monoisotopic (exact) mass is 372 g/mol. The second kappa shape index (κ2) is 5.85. The zero-order valence-electron chi connectivity index (χ0n) is 14.8. The van der Waals surface area contributed by atoms with Gasteiger partial charge in [-0.15, -0.1) is 0 Å². The minimum Gasteiger partial charge on any atom is -0.436 e. The maximum absolute atomic E-state index is 14.0. The molecule has 0 bridgehead atoms. The first kappa shape index (κ1) is 16.4. The van der Waals surface area contributed by atoms with E-state index in [-0.39, 0.29) is 11.1 Å². The molecule has 4 aromatic rings. The summed E-state index contributed by atoms with van der Waals surface area (Å²) in [4.78, 5) is 30.6. The molecule has 136 valence electrons. The minimum atomic E-state index is -0.697. The van der Waals surface area contributed by atoms with Crippen LogP contribution in [0.15, 0.2) is 65.1 Å². The first-order chi connectivity index (χ1) is 13.5. The highest BCUT2D eigenvalue weighted by molar-refractivity contribution is 6.34. The molecule has 0 spiro atoms. The third-order valence-electron chi connectivity index (χ3n) is 4.78. The van der Waals surface area contributed by atoms with E-state index in [1.54, 1.807) is 24.3 Å². The Morgan fingerprint density at radius 2 is 1.75 bits per heavy atom. The number of amides is 2. The number of oxazole rings is 1. The molecule has 6 heteroatoms. The van der Waals surface area contributed by atoms with Gasteiger partial charge in [0.15, 0.2) is 5.58 Å². The lowest BCUT2D eigenvalue weighted by atomic mass is 10.1. The van der Waals surface area contributed by atoms with E-state index in [0.717, 1.165) is 16.0 Å². The molecule has 1 aliphatic rings. The quantitative estimate of drug-likeness (QED) is 0.477. The molecular weight excluding hydrogens is 359 g/mol. The predicted molar refractivity (Wildman–Crippen MR) is 102 cm³/mol. The number of rotatable bonds is 2. The van der Waals surface area contributed by atoms with E-state index in [0.29, 0.717) is 22.7 Å². The second-order valence-electron chi connectivity index (χ2n) is 6.65. The number of hydrogen-bond acceptors (Lipinski definition) is 4. The van der Waals surface area contributed by atoms with Crippen molar-refractivity contribution in [2.24, 2.45) is 0 Å². The zero-order valence-corrected chi connectivity index (χ0v) is 14.8. The molecule has 0 unspecified atom stereocenters. The lowest BCUT2D eigenvalue weighted by Crippen LogP contribution is -2.29. The van der Waals surface area contributed by atoms with Crippen LogP contribution in [-0.4, -0.2) is 16.8 Å². The van der Waals surface area contributed by atoms with Crippen molar-refractivity contribution in [3.8, 4) is 11.5 Å². The molecule has 2 amide bonds. The molecule has 1 aliphatic heterocycles. The molecular formula is C22H13FN2O3. The Labute approximate surface area is 159 Å². The van der Waals surface area contributed by atoms with Crippen LogP contribution in [0.3, 0.4) is 0 Å². The summed E-state index contributed by atoms with van der Waals surface area (Å²) < 4.78 is 19.8. The van der Waals surface area contributed by atoms with Gasteiger partial charge in [0.25, 0.3) is 11.8 Å². The van der Waals surface area contributed by atoms with Gasteiger partial charge in [0.1, 0.15) is 11.3 Å². The topological polar surface area (TPSA) is 63.4 Å². The Bertz CT molecular complexity index is 1270. The van der Waals surface area contributed by atoms with Crippen LogP contribution in [0.5, 0.6) is 0 Å². The first-order valence-electron chi connectivity index (χ1n) is 8.68. The summed E-state index contributed by atoms with van der Waals surface area (Å²) in [6.07, 6.45) is 0. The van der Waals surface area contributed by atoms with E-state index in [9.17, 15) is 14.0 Å². The number of benzene rings is 3. The van der Waals surface area contributed by atoms with Gasteiger partial charge in [0.05, 0.1) is 16.8 Å². The van der Waals surface area contributed by atoms with Gasteiger partial charge in [-0.3, -0.25) is 9.59 Å². The number of carbonyl (C=O) groups excluding carboxylic acids is 2. The summed E-state index contributed by atoms with van der Waals surface area (Å²) in [5.41, 5.74) is 3.47. The van der Waals surface area contributed by atoms with E-state index in [2.05, 4.69) is 4.98 Å². The summed E-state index contributed by atoms with van der Waals surface area (Å²) >= 11 is 0. The maximum Gasteiger partial charge on any atom is 0.269 e. The molecule has 5 nitrogen and oxygen atoms in total. The van der Waals surface area contributed by atoms with Crippen LogP contribution < -0.4 is 4.90 Å². The molecule has 3 aromatic carbocycles. The minimum absolute atomic E-state index is 0.0726. The molecule has 0 atom stereocenters. The molecule has 0 N–H and O–H groups in total. The van der Waals surface area contributed by atoms with Crippen LogP contribution in [0.1, 0.15) is 26.3 Å².